The van der Waals surface area contributed by atoms with E-state index in [9.17, 15) is 4.79 Å². The highest BCUT2D eigenvalue weighted by atomic mass is 35.5. The first-order chi connectivity index (χ1) is 9.56. The predicted molar refractivity (Wildman–Crippen MR) is 85.6 cm³/mol. The third kappa shape index (κ3) is 4.01. The molecule has 0 atom stereocenters. The molecule has 5 heteroatoms. The normalized spacial score (nSPS) is 10.8. The van der Waals surface area contributed by atoms with Gasteiger partial charge < -0.3 is 5.32 Å². The lowest BCUT2D eigenvalue weighted by atomic mass is 10.2. The molecule has 2 aromatic rings. The summed E-state index contributed by atoms with van der Waals surface area (Å²) in [5.74, 6) is -0.319. The maximum absolute atomic E-state index is 11.8. The van der Waals surface area contributed by atoms with Crippen molar-refractivity contribution in [3.05, 3.63) is 69.2 Å². The van der Waals surface area contributed by atoms with E-state index in [-0.39, 0.29) is 5.91 Å². The summed E-state index contributed by atoms with van der Waals surface area (Å²) < 4.78 is 0. The monoisotopic (exact) mass is 325 g/mol. The molecular formula is C15H10Cl3NO. The van der Waals surface area contributed by atoms with Gasteiger partial charge in [0.05, 0.1) is 15.7 Å². The van der Waals surface area contributed by atoms with Gasteiger partial charge in [-0.05, 0) is 35.9 Å². The van der Waals surface area contributed by atoms with Crippen LogP contribution in [0.5, 0.6) is 0 Å². The van der Waals surface area contributed by atoms with Gasteiger partial charge in [0, 0.05) is 11.1 Å². The minimum atomic E-state index is -0.319. The van der Waals surface area contributed by atoms with Crippen molar-refractivity contribution in [3.63, 3.8) is 0 Å². The largest absolute Gasteiger partial charge is 0.320 e. The number of para-hydroxylation sites is 1. The molecule has 0 spiro atoms. The average molecular weight is 327 g/mol. The van der Waals surface area contributed by atoms with Crippen LogP contribution in [0, 0.1) is 0 Å². The van der Waals surface area contributed by atoms with Crippen LogP contribution in [0.25, 0.3) is 6.08 Å². The Kier molecular flexibility index (Phi) is 5.07. The van der Waals surface area contributed by atoms with Crippen LogP contribution in [-0.2, 0) is 4.79 Å². The zero-order valence-corrected chi connectivity index (χ0v) is 12.5. The Balaban J connectivity index is 2.10. The average Bonchev–Trinajstić information content (AvgIpc) is 2.41. The molecule has 0 fully saturated rings. The molecule has 0 aromatic heterocycles. The summed E-state index contributed by atoms with van der Waals surface area (Å²) in [5, 5.41) is 4.03. The van der Waals surface area contributed by atoms with Gasteiger partial charge in [0.1, 0.15) is 0 Å². The quantitative estimate of drug-likeness (QED) is 0.762. The summed E-state index contributed by atoms with van der Waals surface area (Å²) >= 11 is 17.8. The van der Waals surface area contributed by atoms with Gasteiger partial charge in [0.25, 0.3) is 0 Å². The lowest BCUT2D eigenvalue weighted by molar-refractivity contribution is -0.111. The maximum Gasteiger partial charge on any atom is 0.248 e. The number of carbonyl (C=O) groups excluding carboxylic acids is 1. The summed E-state index contributed by atoms with van der Waals surface area (Å²) in [7, 11) is 0. The fourth-order valence-electron chi connectivity index (χ4n) is 1.56. The highest BCUT2D eigenvalue weighted by Crippen LogP contribution is 2.29. The van der Waals surface area contributed by atoms with E-state index < -0.39 is 0 Å². The first-order valence-corrected chi connectivity index (χ1v) is 6.88. The molecule has 1 amide bonds. The van der Waals surface area contributed by atoms with Crippen LogP contribution < -0.4 is 5.32 Å². The van der Waals surface area contributed by atoms with Crippen molar-refractivity contribution in [1.82, 2.24) is 0 Å². The van der Waals surface area contributed by atoms with Crippen molar-refractivity contribution in [2.75, 3.05) is 5.32 Å². The molecule has 2 aromatic carbocycles. The van der Waals surface area contributed by atoms with Gasteiger partial charge in [-0.25, -0.2) is 0 Å². The predicted octanol–water partition coefficient (Wildman–Crippen LogP) is 5.30. The van der Waals surface area contributed by atoms with Crippen LogP contribution in [0.3, 0.4) is 0 Å². The highest BCUT2D eigenvalue weighted by molar-refractivity contribution is 6.39. The molecule has 1 N–H and O–H groups in total. The standard InChI is InChI=1S/C15H10Cl3NO/c16-11-4-1-3-10(9-11)7-8-14(20)19-15-12(17)5-2-6-13(15)18/h1-9H,(H,19,20). The lowest BCUT2D eigenvalue weighted by Crippen LogP contribution is -2.08. The Morgan fingerprint density at radius 3 is 2.30 bits per heavy atom. The molecule has 2 rings (SSSR count). The second-order valence-corrected chi connectivity index (χ2v) is 5.23. The van der Waals surface area contributed by atoms with E-state index in [1.54, 1.807) is 36.4 Å². The summed E-state index contributed by atoms with van der Waals surface area (Å²) in [6.45, 7) is 0. The summed E-state index contributed by atoms with van der Waals surface area (Å²) in [6.07, 6.45) is 3.05. The summed E-state index contributed by atoms with van der Waals surface area (Å²) in [6, 6.07) is 12.2. The van der Waals surface area contributed by atoms with E-state index in [2.05, 4.69) is 5.32 Å². The number of amides is 1. The van der Waals surface area contributed by atoms with Crippen molar-refractivity contribution in [2.24, 2.45) is 0 Å². The number of rotatable bonds is 3. The van der Waals surface area contributed by atoms with Crippen molar-refractivity contribution in [2.45, 2.75) is 0 Å². The Labute approximate surface area is 132 Å². The van der Waals surface area contributed by atoms with Gasteiger partial charge in [-0.3, -0.25) is 4.79 Å². The fraction of sp³-hybridized carbons (Fsp3) is 0. The van der Waals surface area contributed by atoms with Crippen molar-refractivity contribution >= 4 is 52.5 Å². The van der Waals surface area contributed by atoms with Crippen LogP contribution in [0.4, 0.5) is 5.69 Å². The molecule has 0 aliphatic heterocycles. The fourth-order valence-corrected chi connectivity index (χ4v) is 2.25. The molecule has 0 aliphatic rings. The number of hydrogen-bond donors (Lipinski definition) is 1. The Bertz CT molecular complexity index is 648. The first kappa shape index (κ1) is 14.9. The molecule has 0 saturated heterocycles. The Hall–Kier alpha value is -1.48. The number of halogens is 3. The van der Waals surface area contributed by atoms with Gasteiger partial charge in [-0.1, -0.05) is 53.0 Å². The highest BCUT2D eigenvalue weighted by Gasteiger charge is 2.07. The molecular weight excluding hydrogens is 317 g/mol. The molecule has 0 unspecified atom stereocenters. The van der Waals surface area contributed by atoms with Crippen molar-refractivity contribution in [1.29, 1.82) is 0 Å². The van der Waals surface area contributed by atoms with Crippen LogP contribution in [0.2, 0.25) is 15.1 Å². The van der Waals surface area contributed by atoms with Gasteiger partial charge in [0.2, 0.25) is 5.91 Å². The molecule has 20 heavy (non-hydrogen) atoms. The topological polar surface area (TPSA) is 29.1 Å². The van der Waals surface area contributed by atoms with Gasteiger partial charge in [0.15, 0.2) is 0 Å². The van der Waals surface area contributed by atoms with Crippen LogP contribution in [0.1, 0.15) is 5.56 Å². The van der Waals surface area contributed by atoms with E-state index >= 15 is 0 Å². The summed E-state index contributed by atoms with van der Waals surface area (Å²) in [5.41, 5.74) is 1.23. The van der Waals surface area contributed by atoms with Crippen LogP contribution >= 0.6 is 34.8 Å². The minimum absolute atomic E-state index is 0.319. The number of anilines is 1. The molecule has 0 heterocycles. The minimum Gasteiger partial charge on any atom is -0.320 e. The van der Waals surface area contributed by atoms with E-state index in [1.165, 1.54) is 6.08 Å². The second kappa shape index (κ2) is 6.80. The molecule has 0 bridgehead atoms. The third-order valence-corrected chi connectivity index (χ3v) is 3.35. The van der Waals surface area contributed by atoms with Crippen molar-refractivity contribution < 1.29 is 4.79 Å². The zero-order chi connectivity index (χ0) is 14.5. The lowest BCUT2D eigenvalue weighted by Gasteiger charge is -2.06. The number of carbonyl (C=O) groups is 1. The maximum atomic E-state index is 11.8. The number of nitrogens with one attached hydrogen (secondary N) is 1. The Morgan fingerprint density at radius 1 is 1.00 bits per heavy atom. The molecule has 0 radical (unpaired) electrons. The van der Waals surface area contributed by atoms with E-state index in [4.69, 9.17) is 34.8 Å². The Morgan fingerprint density at radius 2 is 1.65 bits per heavy atom. The third-order valence-electron chi connectivity index (χ3n) is 2.49. The SMILES string of the molecule is O=C(C=Cc1cccc(Cl)c1)Nc1c(Cl)cccc1Cl. The molecule has 0 saturated carbocycles. The number of hydrogen-bond acceptors (Lipinski definition) is 1. The van der Waals surface area contributed by atoms with E-state index in [0.717, 1.165) is 5.56 Å². The van der Waals surface area contributed by atoms with Gasteiger partial charge in [-0.2, -0.15) is 0 Å². The molecule has 2 nitrogen and oxygen atoms in total. The van der Waals surface area contributed by atoms with E-state index in [1.807, 2.05) is 12.1 Å². The molecule has 0 aliphatic carbocycles. The van der Waals surface area contributed by atoms with E-state index in [0.29, 0.717) is 20.8 Å². The first-order valence-electron chi connectivity index (χ1n) is 5.75. The van der Waals surface area contributed by atoms with Crippen LogP contribution in [0.15, 0.2) is 48.5 Å². The number of benzene rings is 2. The van der Waals surface area contributed by atoms with Gasteiger partial charge >= 0.3 is 0 Å². The van der Waals surface area contributed by atoms with Gasteiger partial charge in [-0.15, -0.1) is 0 Å². The van der Waals surface area contributed by atoms with Crippen molar-refractivity contribution in [3.8, 4) is 0 Å². The smallest absolute Gasteiger partial charge is 0.248 e. The zero-order valence-electron chi connectivity index (χ0n) is 10.2. The van der Waals surface area contributed by atoms with Crippen LogP contribution in [-0.4, -0.2) is 5.91 Å². The second-order valence-electron chi connectivity index (χ2n) is 3.97. The summed E-state index contributed by atoms with van der Waals surface area (Å²) in [4.78, 5) is 11.8. The molecule has 102 valence electrons.